The minimum atomic E-state index is 0.0229. The second-order valence-electron chi connectivity index (χ2n) is 5.86. The summed E-state index contributed by atoms with van der Waals surface area (Å²) >= 11 is 0. The van der Waals surface area contributed by atoms with E-state index in [1.165, 1.54) is 25.7 Å². The van der Waals surface area contributed by atoms with Crippen LogP contribution in [-0.4, -0.2) is 33.2 Å². The number of nitrogen functional groups attached to an aromatic ring is 1. The summed E-state index contributed by atoms with van der Waals surface area (Å²) in [5.41, 5.74) is 6.80. The highest BCUT2D eigenvalue weighted by Gasteiger charge is 2.37. The molecule has 2 N–H and O–H groups in total. The molecule has 1 aromatic rings. The molecule has 5 heteroatoms. The zero-order valence-corrected chi connectivity index (χ0v) is 11.5. The van der Waals surface area contributed by atoms with Gasteiger partial charge in [0.2, 0.25) is 0 Å². The van der Waals surface area contributed by atoms with Gasteiger partial charge in [0, 0.05) is 25.8 Å². The zero-order chi connectivity index (χ0) is 13.4. The summed E-state index contributed by atoms with van der Waals surface area (Å²) in [7, 11) is 1.80. The number of aromatic nitrogens is 2. The molecule has 1 aliphatic carbocycles. The number of likely N-dealkylation sites (tertiary alicyclic amines) is 1. The summed E-state index contributed by atoms with van der Waals surface area (Å²) in [5, 5.41) is 4.22. The van der Waals surface area contributed by atoms with Crippen molar-refractivity contribution in [2.75, 3.05) is 12.3 Å². The van der Waals surface area contributed by atoms with Crippen molar-refractivity contribution in [1.82, 2.24) is 14.7 Å². The summed E-state index contributed by atoms with van der Waals surface area (Å²) in [6.07, 6.45) is 9.05. The fourth-order valence-corrected chi connectivity index (χ4v) is 3.69. The van der Waals surface area contributed by atoms with E-state index < -0.39 is 0 Å². The SMILES string of the molecule is Cn1cc(N)c(C(=O)N2CCC[C@H]3CCCC[C@H]32)n1. The van der Waals surface area contributed by atoms with Crippen LogP contribution >= 0.6 is 0 Å². The fourth-order valence-electron chi connectivity index (χ4n) is 3.69. The summed E-state index contributed by atoms with van der Waals surface area (Å²) in [4.78, 5) is 14.7. The predicted molar refractivity (Wildman–Crippen MR) is 73.6 cm³/mol. The number of fused-ring (bicyclic) bond motifs is 1. The van der Waals surface area contributed by atoms with Gasteiger partial charge in [-0.2, -0.15) is 5.10 Å². The van der Waals surface area contributed by atoms with Crippen molar-refractivity contribution in [2.24, 2.45) is 13.0 Å². The van der Waals surface area contributed by atoms with Gasteiger partial charge in [0.15, 0.2) is 5.69 Å². The maximum absolute atomic E-state index is 12.7. The first kappa shape index (κ1) is 12.5. The van der Waals surface area contributed by atoms with Gasteiger partial charge in [-0.25, -0.2) is 0 Å². The van der Waals surface area contributed by atoms with Crippen LogP contribution in [0.5, 0.6) is 0 Å². The van der Waals surface area contributed by atoms with E-state index in [1.54, 1.807) is 17.9 Å². The lowest BCUT2D eigenvalue weighted by molar-refractivity contribution is 0.0385. The Morgan fingerprint density at radius 2 is 2.05 bits per heavy atom. The topological polar surface area (TPSA) is 64.2 Å². The van der Waals surface area contributed by atoms with E-state index in [2.05, 4.69) is 5.10 Å². The summed E-state index contributed by atoms with van der Waals surface area (Å²) < 4.78 is 1.62. The zero-order valence-electron chi connectivity index (χ0n) is 11.5. The molecule has 2 aliphatic rings. The Hall–Kier alpha value is -1.52. The van der Waals surface area contributed by atoms with E-state index in [-0.39, 0.29) is 5.91 Å². The van der Waals surface area contributed by atoms with Crippen LogP contribution in [0.15, 0.2) is 6.20 Å². The second kappa shape index (κ2) is 4.87. The van der Waals surface area contributed by atoms with Crippen molar-refractivity contribution in [1.29, 1.82) is 0 Å². The Balaban J connectivity index is 1.83. The molecule has 19 heavy (non-hydrogen) atoms. The highest BCUT2D eigenvalue weighted by Crippen LogP contribution is 2.36. The van der Waals surface area contributed by atoms with Crippen LogP contribution in [0.1, 0.15) is 49.0 Å². The molecule has 2 fully saturated rings. The lowest BCUT2D eigenvalue weighted by atomic mass is 9.78. The van der Waals surface area contributed by atoms with Gasteiger partial charge in [-0.1, -0.05) is 12.8 Å². The molecule has 0 unspecified atom stereocenters. The van der Waals surface area contributed by atoms with Gasteiger partial charge in [-0.3, -0.25) is 9.48 Å². The van der Waals surface area contributed by atoms with Crippen LogP contribution in [0.4, 0.5) is 5.69 Å². The van der Waals surface area contributed by atoms with Crippen LogP contribution < -0.4 is 5.73 Å². The predicted octanol–water partition coefficient (Wildman–Crippen LogP) is 1.80. The first-order valence-corrected chi connectivity index (χ1v) is 7.27. The maximum Gasteiger partial charge on any atom is 0.276 e. The quantitative estimate of drug-likeness (QED) is 0.839. The number of carbonyl (C=O) groups is 1. The number of anilines is 1. The number of carbonyl (C=O) groups excluding carboxylic acids is 1. The fraction of sp³-hybridized carbons (Fsp3) is 0.714. The van der Waals surface area contributed by atoms with Gasteiger partial charge in [-0.05, 0) is 31.6 Å². The molecule has 1 saturated carbocycles. The number of aryl methyl sites for hydroxylation is 1. The van der Waals surface area contributed by atoms with E-state index >= 15 is 0 Å². The molecule has 5 nitrogen and oxygen atoms in total. The first-order chi connectivity index (χ1) is 9.16. The monoisotopic (exact) mass is 262 g/mol. The molecule has 3 rings (SSSR count). The largest absolute Gasteiger partial charge is 0.396 e. The Morgan fingerprint density at radius 3 is 2.79 bits per heavy atom. The number of amides is 1. The third-order valence-corrected chi connectivity index (χ3v) is 4.56. The van der Waals surface area contributed by atoms with E-state index in [4.69, 9.17) is 5.73 Å². The number of nitrogens with two attached hydrogens (primary N) is 1. The summed E-state index contributed by atoms with van der Waals surface area (Å²) in [6.45, 7) is 0.857. The van der Waals surface area contributed by atoms with E-state index in [0.29, 0.717) is 23.3 Å². The van der Waals surface area contributed by atoms with Crippen molar-refractivity contribution >= 4 is 11.6 Å². The average molecular weight is 262 g/mol. The van der Waals surface area contributed by atoms with Crippen molar-refractivity contribution in [2.45, 2.75) is 44.6 Å². The molecule has 0 aromatic carbocycles. The lowest BCUT2D eigenvalue weighted by Crippen LogP contribution is -2.49. The van der Waals surface area contributed by atoms with Crippen molar-refractivity contribution in [3.05, 3.63) is 11.9 Å². The average Bonchev–Trinajstić information content (AvgIpc) is 2.76. The molecule has 0 spiro atoms. The molecule has 1 aromatic heterocycles. The van der Waals surface area contributed by atoms with Crippen LogP contribution in [0, 0.1) is 5.92 Å². The van der Waals surface area contributed by atoms with E-state index in [9.17, 15) is 4.79 Å². The Kier molecular flexibility index (Phi) is 3.21. The summed E-state index contributed by atoms with van der Waals surface area (Å²) in [5.74, 6) is 0.714. The molecule has 1 amide bonds. The number of rotatable bonds is 1. The van der Waals surface area contributed by atoms with Crippen LogP contribution in [0.2, 0.25) is 0 Å². The maximum atomic E-state index is 12.7. The molecule has 1 aliphatic heterocycles. The minimum Gasteiger partial charge on any atom is -0.396 e. The highest BCUT2D eigenvalue weighted by molar-refractivity contribution is 5.97. The van der Waals surface area contributed by atoms with Crippen LogP contribution in [-0.2, 0) is 7.05 Å². The normalized spacial score (nSPS) is 27.1. The van der Waals surface area contributed by atoms with Crippen molar-refractivity contribution in [3.63, 3.8) is 0 Å². The molecule has 2 heterocycles. The molecular weight excluding hydrogens is 240 g/mol. The molecule has 0 radical (unpaired) electrons. The Bertz CT molecular complexity index is 480. The van der Waals surface area contributed by atoms with Gasteiger partial charge in [0.05, 0.1) is 5.69 Å². The van der Waals surface area contributed by atoms with Gasteiger partial charge in [0.25, 0.3) is 5.91 Å². The Morgan fingerprint density at radius 1 is 1.32 bits per heavy atom. The van der Waals surface area contributed by atoms with E-state index in [1.807, 2.05) is 4.90 Å². The lowest BCUT2D eigenvalue weighted by Gasteiger charge is -2.43. The molecule has 2 atom stereocenters. The smallest absolute Gasteiger partial charge is 0.276 e. The first-order valence-electron chi connectivity index (χ1n) is 7.27. The molecule has 1 saturated heterocycles. The van der Waals surface area contributed by atoms with Crippen molar-refractivity contribution < 1.29 is 4.79 Å². The standard InChI is InChI=1S/C14H22N4O/c1-17-9-11(15)13(16-17)14(19)18-8-4-6-10-5-2-3-7-12(10)18/h9-10,12H,2-8,15H2,1H3/t10-,12-/m1/s1. The van der Waals surface area contributed by atoms with Crippen molar-refractivity contribution in [3.8, 4) is 0 Å². The molecule has 0 bridgehead atoms. The van der Waals surface area contributed by atoms with Gasteiger partial charge < -0.3 is 10.6 Å². The molecule has 104 valence electrons. The highest BCUT2D eigenvalue weighted by atomic mass is 16.2. The third-order valence-electron chi connectivity index (χ3n) is 4.56. The third kappa shape index (κ3) is 2.22. The minimum absolute atomic E-state index is 0.0229. The van der Waals surface area contributed by atoms with Crippen LogP contribution in [0.25, 0.3) is 0 Å². The molecular formula is C14H22N4O. The van der Waals surface area contributed by atoms with E-state index in [0.717, 1.165) is 19.4 Å². The number of hydrogen-bond donors (Lipinski definition) is 1. The van der Waals surface area contributed by atoms with Gasteiger partial charge >= 0.3 is 0 Å². The number of hydrogen-bond acceptors (Lipinski definition) is 3. The second-order valence-corrected chi connectivity index (χ2v) is 5.86. The Labute approximate surface area is 113 Å². The number of nitrogens with zero attached hydrogens (tertiary/aromatic N) is 3. The number of piperidine rings is 1. The van der Waals surface area contributed by atoms with Gasteiger partial charge in [0.1, 0.15) is 0 Å². The summed E-state index contributed by atoms with van der Waals surface area (Å²) in [6, 6.07) is 0.413. The van der Waals surface area contributed by atoms with Crippen LogP contribution in [0.3, 0.4) is 0 Å². The van der Waals surface area contributed by atoms with Gasteiger partial charge in [-0.15, -0.1) is 0 Å².